The monoisotopic (exact) mass is 331 g/mol. The molecule has 3 aromatic rings. The molecular weight excluding hydrogens is 322 g/mol. The Hall–Kier alpha value is -2.44. The topological polar surface area (TPSA) is 68.0 Å². The Labute approximate surface area is 135 Å². The van der Waals surface area contributed by atoms with E-state index in [-0.39, 0.29) is 5.91 Å². The summed E-state index contributed by atoms with van der Waals surface area (Å²) in [6.07, 6.45) is 3.10. The van der Waals surface area contributed by atoms with Gasteiger partial charge in [0.15, 0.2) is 5.69 Å². The van der Waals surface area contributed by atoms with Gasteiger partial charge in [0.2, 0.25) is 11.7 Å². The van der Waals surface area contributed by atoms with Gasteiger partial charge in [0, 0.05) is 11.1 Å². The molecule has 0 aliphatic carbocycles. The van der Waals surface area contributed by atoms with Crippen molar-refractivity contribution in [3.63, 3.8) is 0 Å². The number of aromatic nitrogens is 2. The standard InChI is InChI=1S/C15H10ClN3O2S/c16-11-6-3-10(4-7-11)5-8-13(20)17-15-14(18-21-19-15)12-2-1-9-22-12/h1-9H,(H,17,19,20). The van der Waals surface area contributed by atoms with Crippen molar-refractivity contribution in [1.82, 2.24) is 10.3 Å². The van der Waals surface area contributed by atoms with E-state index >= 15 is 0 Å². The zero-order chi connectivity index (χ0) is 15.4. The van der Waals surface area contributed by atoms with Crippen LogP contribution in [-0.2, 0) is 4.79 Å². The predicted octanol–water partition coefficient (Wildman–Crippen LogP) is 4.10. The number of thiophene rings is 1. The number of carbonyl (C=O) groups excluding carboxylic acids is 1. The van der Waals surface area contributed by atoms with Crippen molar-refractivity contribution in [2.75, 3.05) is 5.32 Å². The molecule has 0 bridgehead atoms. The second-order valence-electron chi connectivity index (χ2n) is 4.31. The first-order valence-corrected chi connectivity index (χ1v) is 7.59. The zero-order valence-electron chi connectivity index (χ0n) is 11.2. The van der Waals surface area contributed by atoms with E-state index in [0.717, 1.165) is 10.4 Å². The average Bonchev–Trinajstić information content (AvgIpc) is 3.17. The number of halogens is 1. The molecule has 1 N–H and O–H groups in total. The molecule has 0 saturated heterocycles. The number of anilines is 1. The summed E-state index contributed by atoms with van der Waals surface area (Å²) in [4.78, 5) is 12.8. The summed E-state index contributed by atoms with van der Waals surface area (Å²) in [7, 11) is 0. The van der Waals surface area contributed by atoms with E-state index in [1.54, 1.807) is 18.2 Å². The Morgan fingerprint density at radius 2 is 2.05 bits per heavy atom. The van der Waals surface area contributed by atoms with Crippen LogP contribution in [0.1, 0.15) is 5.56 Å². The van der Waals surface area contributed by atoms with Crippen molar-refractivity contribution >= 4 is 40.7 Å². The first kappa shape index (κ1) is 14.5. The van der Waals surface area contributed by atoms with Gasteiger partial charge < -0.3 is 5.32 Å². The number of hydrogen-bond acceptors (Lipinski definition) is 5. The molecule has 2 heterocycles. The van der Waals surface area contributed by atoms with Crippen LogP contribution in [0, 0.1) is 0 Å². The van der Waals surface area contributed by atoms with Crippen molar-refractivity contribution in [2.24, 2.45) is 0 Å². The predicted molar refractivity (Wildman–Crippen MR) is 86.7 cm³/mol. The third-order valence-electron chi connectivity index (χ3n) is 2.78. The van der Waals surface area contributed by atoms with Crippen LogP contribution in [0.4, 0.5) is 5.82 Å². The summed E-state index contributed by atoms with van der Waals surface area (Å²) >= 11 is 7.30. The molecule has 22 heavy (non-hydrogen) atoms. The molecule has 0 fully saturated rings. The number of benzene rings is 1. The maximum atomic E-state index is 11.9. The molecule has 0 spiro atoms. The Morgan fingerprint density at radius 3 is 2.77 bits per heavy atom. The molecule has 7 heteroatoms. The van der Waals surface area contributed by atoms with E-state index in [1.807, 2.05) is 29.6 Å². The molecule has 0 aliphatic rings. The van der Waals surface area contributed by atoms with Crippen LogP contribution in [0.25, 0.3) is 16.6 Å². The van der Waals surface area contributed by atoms with Crippen LogP contribution in [0.5, 0.6) is 0 Å². The van der Waals surface area contributed by atoms with Crippen molar-refractivity contribution in [2.45, 2.75) is 0 Å². The van der Waals surface area contributed by atoms with Gasteiger partial charge >= 0.3 is 0 Å². The molecule has 0 radical (unpaired) electrons. The molecule has 3 rings (SSSR count). The Morgan fingerprint density at radius 1 is 1.23 bits per heavy atom. The number of carbonyl (C=O) groups is 1. The van der Waals surface area contributed by atoms with E-state index in [2.05, 4.69) is 15.6 Å². The number of amides is 1. The van der Waals surface area contributed by atoms with Crippen molar-refractivity contribution in [1.29, 1.82) is 0 Å². The van der Waals surface area contributed by atoms with Crippen LogP contribution in [0.3, 0.4) is 0 Å². The summed E-state index contributed by atoms with van der Waals surface area (Å²) in [5.41, 5.74) is 1.39. The van der Waals surface area contributed by atoms with E-state index < -0.39 is 0 Å². The lowest BCUT2D eigenvalue weighted by molar-refractivity contribution is -0.111. The van der Waals surface area contributed by atoms with Gasteiger partial charge in [-0.25, -0.2) is 4.63 Å². The quantitative estimate of drug-likeness (QED) is 0.731. The fraction of sp³-hybridized carbons (Fsp3) is 0. The van der Waals surface area contributed by atoms with Crippen molar-refractivity contribution in [3.8, 4) is 10.6 Å². The third-order valence-corrected chi connectivity index (χ3v) is 3.91. The zero-order valence-corrected chi connectivity index (χ0v) is 12.8. The van der Waals surface area contributed by atoms with Gasteiger partial charge in [-0.05, 0) is 45.5 Å². The molecule has 1 aromatic carbocycles. The summed E-state index contributed by atoms with van der Waals surface area (Å²) in [6, 6.07) is 10.9. The first-order chi connectivity index (χ1) is 10.7. The maximum absolute atomic E-state index is 11.9. The fourth-order valence-corrected chi connectivity index (χ4v) is 2.58. The van der Waals surface area contributed by atoms with Gasteiger partial charge in [0.25, 0.3) is 0 Å². The molecule has 0 aliphatic heterocycles. The average molecular weight is 332 g/mol. The van der Waals surface area contributed by atoms with Gasteiger partial charge in [-0.2, -0.15) is 0 Å². The van der Waals surface area contributed by atoms with Crippen LogP contribution in [0.15, 0.2) is 52.5 Å². The Kier molecular flexibility index (Phi) is 4.32. The summed E-state index contributed by atoms with van der Waals surface area (Å²) in [5, 5.41) is 12.7. The minimum absolute atomic E-state index is 0.299. The van der Waals surface area contributed by atoms with Crippen LogP contribution >= 0.6 is 22.9 Å². The van der Waals surface area contributed by atoms with Gasteiger partial charge in [0.1, 0.15) is 0 Å². The minimum Gasteiger partial charge on any atom is -0.302 e. The van der Waals surface area contributed by atoms with E-state index in [1.165, 1.54) is 17.4 Å². The largest absolute Gasteiger partial charge is 0.302 e. The van der Waals surface area contributed by atoms with Gasteiger partial charge in [-0.15, -0.1) is 11.3 Å². The third kappa shape index (κ3) is 3.41. The Balaban J connectivity index is 1.70. The van der Waals surface area contributed by atoms with Gasteiger partial charge in [-0.1, -0.05) is 29.8 Å². The van der Waals surface area contributed by atoms with E-state index in [9.17, 15) is 4.79 Å². The smallest absolute Gasteiger partial charge is 0.249 e. The molecule has 0 unspecified atom stereocenters. The second kappa shape index (κ2) is 6.55. The number of nitrogens with one attached hydrogen (secondary N) is 1. The molecular formula is C15H10ClN3O2S. The molecule has 110 valence electrons. The number of hydrogen-bond donors (Lipinski definition) is 1. The second-order valence-corrected chi connectivity index (χ2v) is 5.70. The molecule has 2 aromatic heterocycles. The van der Waals surface area contributed by atoms with Crippen LogP contribution < -0.4 is 5.32 Å². The first-order valence-electron chi connectivity index (χ1n) is 6.33. The number of nitrogens with zero attached hydrogens (tertiary/aromatic N) is 2. The lowest BCUT2D eigenvalue weighted by Crippen LogP contribution is -2.08. The highest BCUT2D eigenvalue weighted by Crippen LogP contribution is 2.28. The normalized spacial score (nSPS) is 11.0. The summed E-state index contributed by atoms with van der Waals surface area (Å²) < 4.78 is 4.70. The highest BCUT2D eigenvalue weighted by Gasteiger charge is 2.14. The van der Waals surface area contributed by atoms with Crippen molar-refractivity contribution in [3.05, 3.63) is 58.4 Å². The highest BCUT2D eigenvalue weighted by atomic mass is 35.5. The highest BCUT2D eigenvalue weighted by molar-refractivity contribution is 7.13. The molecule has 0 atom stereocenters. The number of rotatable bonds is 4. The van der Waals surface area contributed by atoms with Gasteiger partial charge in [-0.3, -0.25) is 4.79 Å². The summed E-state index contributed by atoms with van der Waals surface area (Å²) in [6.45, 7) is 0. The molecule has 0 saturated carbocycles. The van der Waals surface area contributed by atoms with Crippen LogP contribution in [-0.4, -0.2) is 16.2 Å². The van der Waals surface area contributed by atoms with E-state index in [4.69, 9.17) is 16.2 Å². The van der Waals surface area contributed by atoms with E-state index in [0.29, 0.717) is 16.5 Å². The lowest BCUT2D eigenvalue weighted by Gasteiger charge is -1.98. The lowest BCUT2D eigenvalue weighted by atomic mass is 10.2. The minimum atomic E-state index is -0.316. The fourth-order valence-electron chi connectivity index (χ4n) is 1.75. The van der Waals surface area contributed by atoms with Crippen LogP contribution in [0.2, 0.25) is 5.02 Å². The van der Waals surface area contributed by atoms with Crippen molar-refractivity contribution < 1.29 is 9.42 Å². The summed E-state index contributed by atoms with van der Waals surface area (Å²) in [5.74, 6) is -0.0170. The maximum Gasteiger partial charge on any atom is 0.249 e. The SMILES string of the molecule is O=C(C=Cc1ccc(Cl)cc1)Nc1nonc1-c1cccs1. The Bertz CT molecular complexity index is 795. The molecule has 5 nitrogen and oxygen atoms in total. The molecule has 1 amide bonds. The van der Waals surface area contributed by atoms with Gasteiger partial charge in [0.05, 0.1) is 4.88 Å².